The SMILES string of the molecule is CCCN(Cc1ccccc1)C(=O)COCc1ccccc1. The lowest BCUT2D eigenvalue weighted by Crippen LogP contribution is -2.34. The minimum absolute atomic E-state index is 0.0432. The van der Waals surface area contributed by atoms with Crippen molar-refractivity contribution in [2.24, 2.45) is 0 Å². The summed E-state index contributed by atoms with van der Waals surface area (Å²) in [6, 6.07) is 20.0. The van der Waals surface area contributed by atoms with Gasteiger partial charge in [-0.25, -0.2) is 0 Å². The second-order valence-corrected chi connectivity index (χ2v) is 5.28. The van der Waals surface area contributed by atoms with Crippen LogP contribution in [-0.4, -0.2) is 24.0 Å². The molecule has 0 aliphatic rings. The zero-order valence-corrected chi connectivity index (χ0v) is 13.1. The lowest BCUT2D eigenvalue weighted by atomic mass is 10.2. The molecule has 3 nitrogen and oxygen atoms in total. The Hall–Kier alpha value is -2.13. The third kappa shape index (κ3) is 5.34. The fraction of sp³-hybridized carbons (Fsp3) is 0.316. The smallest absolute Gasteiger partial charge is 0.248 e. The van der Waals surface area contributed by atoms with Crippen molar-refractivity contribution in [2.45, 2.75) is 26.5 Å². The summed E-state index contributed by atoms with van der Waals surface area (Å²) in [7, 11) is 0. The number of nitrogens with zero attached hydrogens (tertiary/aromatic N) is 1. The molecule has 0 saturated heterocycles. The first-order valence-corrected chi connectivity index (χ1v) is 7.73. The van der Waals surface area contributed by atoms with Crippen LogP contribution < -0.4 is 0 Å². The Morgan fingerprint density at radius 3 is 2.14 bits per heavy atom. The second-order valence-electron chi connectivity index (χ2n) is 5.28. The average molecular weight is 297 g/mol. The Labute approximate surface area is 132 Å². The van der Waals surface area contributed by atoms with Gasteiger partial charge in [-0.2, -0.15) is 0 Å². The highest BCUT2D eigenvalue weighted by molar-refractivity contribution is 5.77. The predicted octanol–water partition coefficient (Wildman–Crippen LogP) is 3.64. The fourth-order valence-electron chi connectivity index (χ4n) is 2.29. The molecule has 0 atom stereocenters. The van der Waals surface area contributed by atoms with Crippen LogP contribution in [0.2, 0.25) is 0 Å². The molecule has 0 aliphatic carbocycles. The first-order chi connectivity index (χ1) is 10.8. The maximum absolute atomic E-state index is 12.3. The number of benzene rings is 2. The molecule has 0 N–H and O–H groups in total. The molecule has 0 bridgehead atoms. The Balaban J connectivity index is 1.84. The monoisotopic (exact) mass is 297 g/mol. The van der Waals surface area contributed by atoms with Crippen LogP contribution >= 0.6 is 0 Å². The Morgan fingerprint density at radius 1 is 0.955 bits per heavy atom. The molecule has 0 unspecified atom stereocenters. The summed E-state index contributed by atoms with van der Waals surface area (Å²) in [4.78, 5) is 14.2. The van der Waals surface area contributed by atoms with Gasteiger partial charge in [0.2, 0.25) is 5.91 Å². The van der Waals surface area contributed by atoms with Crippen LogP contribution in [0, 0.1) is 0 Å². The van der Waals surface area contributed by atoms with E-state index in [1.165, 1.54) is 0 Å². The summed E-state index contributed by atoms with van der Waals surface area (Å²) in [5.41, 5.74) is 2.23. The molecule has 0 fully saturated rings. The molecule has 0 spiro atoms. The molecule has 116 valence electrons. The molecule has 0 saturated carbocycles. The third-order valence-corrected chi connectivity index (χ3v) is 3.40. The average Bonchev–Trinajstić information content (AvgIpc) is 2.56. The van der Waals surface area contributed by atoms with Crippen molar-refractivity contribution >= 4 is 5.91 Å². The number of carbonyl (C=O) groups excluding carboxylic acids is 1. The van der Waals surface area contributed by atoms with E-state index in [-0.39, 0.29) is 12.5 Å². The summed E-state index contributed by atoms with van der Waals surface area (Å²) in [5.74, 6) is 0.0432. The zero-order valence-electron chi connectivity index (χ0n) is 13.1. The Bertz CT molecular complexity index is 554. The van der Waals surface area contributed by atoms with Crippen molar-refractivity contribution in [3.8, 4) is 0 Å². The van der Waals surface area contributed by atoms with E-state index >= 15 is 0 Å². The van der Waals surface area contributed by atoms with E-state index in [0.717, 1.165) is 24.1 Å². The topological polar surface area (TPSA) is 29.5 Å². The maximum atomic E-state index is 12.3. The number of rotatable bonds is 8. The van der Waals surface area contributed by atoms with E-state index in [1.807, 2.05) is 65.6 Å². The minimum Gasteiger partial charge on any atom is -0.367 e. The molecule has 22 heavy (non-hydrogen) atoms. The molecule has 2 rings (SSSR count). The summed E-state index contributed by atoms with van der Waals surface area (Å²) in [6.07, 6.45) is 0.942. The zero-order chi connectivity index (χ0) is 15.6. The van der Waals surface area contributed by atoms with E-state index < -0.39 is 0 Å². The molecule has 0 radical (unpaired) electrons. The van der Waals surface area contributed by atoms with Gasteiger partial charge >= 0.3 is 0 Å². The summed E-state index contributed by atoms with van der Waals surface area (Å²) in [5, 5.41) is 0. The minimum atomic E-state index is 0.0432. The van der Waals surface area contributed by atoms with Crippen molar-refractivity contribution in [1.82, 2.24) is 4.90 Å². The van der Waals surface area contributed by atoms with E-state index in [4.69, 9.17) is 4.74 Å². The van der Waals surface area contributed by atoms with Gasteiger partial charge in [-0.1, -0.05) is 67.6 Å². The van der Waals surface area contributed by atoms with Crippen molar-refractivity contribution < 1.29 is 9.53 Å². The van der Waals surface area contributed by atoms with Crippen LogP contribution in [-0.2, 0) is 22.7 Å². The van der Waals surface area contributed by atoms with Gasteiger partial charge in [0.25, 0.3) is 0 Å². The molecule has 0 aromatic heterocycles. The quantitative estimate of drug-likeness (QED) is 0.744. The van der Waals surface area contributed by atoms with E-state index in [2.05, 4.69) is 6.92 Å². The predicted molar refractivity (Wildman–Crippen MR) is 88.2 cm³/mol. The largest absolute Gasteiger partial charge is 0.367 e. The van der Waals surface area contributed by atoms with Crippen molar-refractivity contribution in [3.05, 3.63) is 71.8 Å². The van der Waals surface area contributed by atoms with Gasteiger partial charge in [0.1, 0.15) is 6.61 Å². The first-order valence-electron chi connectivity index (χ1n) is 7.73. The van der Waals surface area contributed by atoms with Gasteiger partial charge in [-0.15, -0.1) is 0 Å². The molecule has 2 aromatic carbocycles. The second kappa shape index (κ2) is 9.00. The number of ether oxygens (including phenoxy) is 1. The van der Waals surface area contributed by atoms with Crippen LogP contribution in [0.3, 0.4) is 0 Å². The number of hydrogen-bond donors (Lipinski definition) is 0. The summed E-state index contributed by atoms with van der Waals surface area (Å²) in [6.45, 7) is 4.07. The highest BCUT2D eigenvalue weighted by atomic mass is 16.5. The highest BCUT2D eigenvalue weighted by Crippen LogP contribution is 2.07. The summed E-state index contributed by atoms with van der Waals surface area (Å²) < 4.78 is 5.56. The molecule has 3 heteroatoms. The third-order valence-electron chi connectivity index (χ3n) is 3.40. The van der Waals surface area contributed by atoms with Crippen LogP contribution in [0.1, 0.15) is 24.5 Å². The van der Waals surface area contributed by atoms with Gasteiger partial charge in [0.05, 0.1) is 6.61 Å². The molecule has 0 aliphatic heterocycles. The maximum Gasteiger partial charge on any atom is 0.248 e. The van der Waals surface area contributed by atoms with Gasteiger partial charge in [-0.3, -0.25) is 4.79 Å². The van der Waals surface area contributed by atoms with E-state index in [9.17, 15) is 4.79 Å². The normalized spacial score (nSPS) is 10.4. The molecule has 2 aromatic rings. The molecule has 1 amide bonds. The van der Waals surface area contributed by atoms with Crippen LogP contribution in [0.5, 0.6) is 0 Å². The van der Waals surface area contributed by atoms with Crippen molar-refractivity contribution in [2.75, 3.05) is 13.2 Å². The van der Waals surface area contributed by atoms with E-state index in [0.29, 0.717) is 13.2 Å². The highest BCUT2D eigenvalue weighted by Gasteiger charge is 2.13. The Kier molecular flexibility index (Phi) is 6.65. The molecule has 0 heterocycles. The van der Waals surface area contributed by atoms with Crippen LogP contribution in [0.25, 0.3) is 0 Å². The standard InChI is InChI=1S/C19H23NO2/c1-2-13-20(14-17-9-5-3-6-10-17)19(21)16-22-15-18-11-7-4-8-12-18/h3-12H,2,13-16H2,1H3. The van der Waals surface area contributed by atoms with Crippen molar-refractivity contribution in [3.63, 3.8) is 0 Å². The van der Waals surface area contributed by atoms with Crippen LogP contribution in [0.15, 0.2) is 60.7 Å². The van der Waals surface area contributed by atoms with Crippen molar-refractivity contribution in [1.29, 1.82) is 0 Å². The van der Waals surface area contributed by atoms with Gasteiger partial charge in [0.15, 0.2) is 0 Å². The van der Waals surface area contributed by atoms with Gasteiger partial charge in [0, 0.05) is 13.1 Å². The lowest BCUT2D eigenvalue weighted by molar-refractivity contribution is -0.137. The van der Waals surface area contributed by atoms with Gasteiger partial charge < -0.3 is 9.64 Å². The molecular formula is C19H23NO2. The fourth-order valence-corrected chi connectivity index (χ4v) is 2.29. The van der Waals surface area contributed by atoms with Gasteiger partial charge in [-0.05, 0) is 17.5 Å². The summed E-state index contributed by atoms with van der Waals surface area (Å²) >= 11 is 0. The molecular weight excluding hydrogens is 274 g/mol. The first kappa shape index (κ1) is 16.2. The number of hydrogen-bond acceptors (Lipinski definition) is 2. The van der Waals surface area contributed by atoms with E-state index in [1.54, 1.807) is 0 Å². The lowest BCUT2D eigenvalue weighted by Gasteiger charge is -2.22. The Morgan fingerprint density at radius 2 is 1.55 bits per heavy atom. The number of carbonyl (C=O) groups is 1. The van der Waals surface area contributed by atoms with Crippen LogP contribution in [0.4, 0.5) is 0 Å². The number of amides is 1.